The number of nitrogens with zero attached hydrogens (tertiary/aromatic N) is 3. The monoisotopic (exact) mass is 429 g/mol. The van der Waals surface area contributed by atoms with E-state index in [1.807, 2.05) is 53.6 Å². The molecule has 0 radical (unpaired) electrons. The van der Waals surface area contributed by atoms with Crippen LogP contribution in [0.15, 0.2) is 54.9 Å². The molecule has 1 atom stereocenters. The van der Waals surface area contributed by atoms with Crippen molar-refractivity contribution in [3.8, 4) is 0 Å². The van der Waals surface area contributed by atoms with Gasteiger partial charge in [-0.2, -0.15) is 0 Å². The molecule has 3 heterocycles. The number of carbonyl (C=O) groups is 2. The number of carbonyl (C=O) groups excluding carboxylic acids is 2. The van der Waals surface area contributed by atoms with Gasteiger partial charge in [0.25, 0.3) is 0 Å². The molecule has 2 N–H and O–H groups in total. The van der Waals surface area contributed by atoms with Crippen molar-refractivity contribution in [2.24, 2.45) is 5.92 Å². The molecule has 1 unspecified atom stereocenters. The molecule has 2 fully saturated rings. The van der Waals surface area contributed by atoms with Gasteiger partial charge in [-0.1, -0.05) is 24.3 Å². The normalized spacial score (nSPS) is 19.7. The number of nitrogens with one attached hydrogen (secondary N) is 2. The largest absolute Gasteiger partial charge is 0.333 e. The molecule has 30 heavy (non-hydrogen) atoms. The number of para-hydroxylation sites is 1. The van der Waals surface area contributed by atoms with Crippen LogP contribution in [-0.4, -0.2) is 59.4 Å². The summed E-state index contributed by atoms with van der Waals surface area (Å²) in [6.07, 6.45) is 4.99. The van der Waals surface area contributed by atoms with Gasteiger partial charge in [0.15, 0.2) is 0 Å². The number of hydrogen-bond acceptors (Lipinski definition) is 4. The summed E-state index contributed by atoms with van der Waals surface area (Å²) >= 11 is 0. The lowest BCUT2D eigenvalue weighted by Crippen LogP contribution is -2.52. The first-order valence-electron chi connectivity index (χ1n) is 10.2. The number of halogens is 1. The lowest BCUT2D eigenvalue weighted by atomic mass is 9.93. The van der Waals surface area contributed by atoms with Crippen LogP contribution in [0.1, 0.15) is 24.4 Å². The molecule has 2 aromatic rings. The van der Waals surface area contributed by atoms with Crippen molar-refractivity contribution >= 4 is 30.0 Å². The van der Waals surface area contributed by atoms with Crippen molar-refractivity contribution in [3.05, 3.63) is 60.4 Å². The molecule has 3 amide bonds. The summed E-state index contributed by atoms with van der Waals surface area (Å²) < 4.78 is 0. The van der Waals surface area contributed by atoms with Crippen molar-refractivity contribution < 1.29 is 9.59 Å². The quantitative estimate of drug-likeness (QED) is 0.786. The number of amides is 3. The molecule has 0 aliphatic carbocycles. The number of rotatable bonds is 3. The summed E-state index contributed by atoms with van der Waals surface area (Å²) in [5.41, 5.74) is 1.85. The van der Waals surface area contributed by atoms with E-state index in [-0.39, 0.29) is 36.3 Å². The maximum absolute atomic E-state index is 13.3. The molecule has 8 heteroatoms. The molecule has 0 bridgehead atoms. The number of hydrogen-bond donors (Lipinski definition) is 2. The molecular formula is C22H28ClN5O2. The van der Waals surface area contributed by atoms with Crippen molar-refractivity contribution in [2.75, 3.05) is 38.0 Å². The second-order valence-electron chi connectivity index (χ2n) is 7.60. The van der Waals surface area contributed by atoms with E-state index in [9.17, 15) is 9.59 Å². The highest BCUT2D eigenvalue weighted by Gasteiger charge is 2.35. The molecule has 2 saturated heterocycles. The predicted molar refractivity (Wildman–Crippen MR) is 119 cm³/mol. The van der Waals surface area contributed by atoms with E-state index in [4.69, 9.17) is 0 Å². The molecule has 7 nitrogen and oxygen atoms in total. The van der Waals surface area contributed by atoms with Gasteiger partial charge in [-0.3, -0.25) is 9.78 Å². The highest BCUT2D eigenvalue weighted by atomic mass is 35.5. The molecule has 160 valence electrons. The zero-order valence-corrected chi connectivity index (χ0v) is 17.7. The number of piperidine rings is 1. The average Bonchev–Trinajstić information content (AvgIpc) is 2.80. The number of likely N-dealkylation sites (tertiary alicyclic amines) is 1. The number of pyridine rings is 1. The van der Waals surface area contributed by atoms with Gasteiger partial charge in [0.05, 0.1) is 6.04 Å². The second-order valence-corrected chi connectivity index (χ2v) is 7.60. The molecule has 1 aromatic heterocycles. The maximum atomic E-state index is 13.3. The Balaban J connectivity index is 0.00000256. The van der Waals surface area contributed by atoms with Gasteiger partial charge in [-0.05, 0) is 36.6 Å². The maximum Gasteiger partial charge on any atom is 0.321 e. The predicted octanol–water partition coefficient (Wildman–Crippen LogP) is 2.92. The van der Waals surface area contributed by atoms with Gasteiger partial charge in [0.2, 0.25) is 5.91 Å². The fraction of sp³-hybridized carbons (Fsp3) is 0.409. The van der Waals surface area contributed by atoms with E-state index in [0.717, 1.165) is 24.3 Å². The average molecular weight is 430 g/mol. The zero-order valence-electron chi connectivity index (χ0n) is 16.9. The molecule has 0 spiro atoms. The van der Waals surface area contributed by atoms with E-state index in [0.29, 0.717) is 32.5 Å². The molecular weight excluding hydrogens is 402 g/mol. The van der Waals surface area contributed by atoms with Crippen LogP contribution in [0.3, 0.4) is 0 Å². The minimum Gasteiger partial charge on any atom is -0.333 e. The summed E-state index contributed by atoms with van der Waals surface area (Å²) in [5.74, 6) is 0.163. The number of aromatic nitrogens is 1. The summed E-state index contributed by atoms with van der Waals surface area (Å²) in [5, 5.41) is 6.31. The van der Waals surface area contributed by atoms with Gasteiger partial charge >= 0.3 is 6.03 Å². The number of urea groups is 1. The Labute approximate surface area is 183 Å². The van der Waals surface area contributed by atoms with E-state index < -0.39 is 0 Å². The zero-order chi connectivity index (χ0) is 20.1. The van der Waals surface area contributed by atoms with Gasteiger partial charge < -0.3 is 20.4 Å². The van der Waals surface area contributed by atoms with Crippen LogP contribution >= 0.6 is 12.4 Å². The van der Waals surface area contributed by atoms with Crippen LogP contribution < -0.4 is 10.6 Å². The summed E-state index contributed by atoms with van der Waals surface area (Å²) in [6.45, 7) is 3.45. The fourth-order valence-electron chi connectivity index (χ4n) is 4.13. The Morgan fingerprint density at radius 3 is 2.50 bits per heavy atom. The van der Waals surface area contributed by atoms with Gasteiger partial charge in [0, 0.05) is 56.7 Å². The van der Waals surface area contributed by atoms with Crippen LogP contribution in [-0.2, 0) is 4.79 Å². The van der Waals surface area contributed by atoms with Crippen molar-refractivity contribution in [1.29, 1.82) is 0 Å². The van der Waals surface area contributed by atoms with Crippen molar-refractivity contribution in [2.45, 2.75) is 18.9 Å². The third kappa shape index (κ3) is 5.09. The SMILES string of the molecule is Cl.O=C(Nc1ccccc1)N1CCC(C(=O)N2CCNCC2c2cccnc2)CC1. The van der Waals surface area contributed by atoms with E-state index in [1.54, 1.807) is 11.1 Å². The lowest BCUT2D eigenvalue weighted by molar-refractivity contribution is -0.140. The Morgan fingerprint density at radius 2 is 1.80 bits per heavy atom. The fourth-order valence-corrected chi connectivity index (χ4v) is 4.13. The third-order valence-corrected chi connectivity index (χ3v) is 5.75. The van der Waals surface area contributed by atoms with E-state index in [2.05, 4.69) is 15.6 Å². The van der Waals surface area contributed by atoms with E-state index in [1.165, 1.54) is 0 Å². The lowest BCUT2D eigenvalue weighted by Gasteiger charge is -2.40. The van der Waals surface area contributed by atoms with Crippen LogP contribution in [0.25, 0.3) is 0 Å². The van der Waals surface area contributed by atoms with Crippen LogP contribution in [0.5, 0.6) is 0 Å². The first kappa shape index (κ1) is 22.1. The van der Waals surface area contributed by atoms with Gasteiger partial charge in [0.1, 0.15) is 0 Å². The highest BCUT2D eigenvalue weighted by molar-refractivity contribution is 5.89. The highest BCUT2D eigenvalue weighted by Crippen LogP contribution is 2.27. The van der Waals surface area contributed by atoms with Gasteiger partial charge in [-0.25, -0.2) is 4.79 Å². The topological polar surface area (TPSA) is 77.6 Å². The summed E-state index contributed by atoms with van der Waals surface area (Å²) in [6, 6.07) is 13.3. The Morgan fingerprint density at radius 1 is 1.03 bits per heavy atom. The third-order valence-electron chi connectivity index (χ3n) is 5.75. The van der Waals surface area contributed by atoms with Gasteiger partial charge in [-0.15, -0.1) is 12.4 Å². The Hall–Kier alpha value is -2.64. The Kier molecular flexibility index (Phi) is 7.65. The summed E-state index contributed by atoms with van der Waals surface area (Å²) in [4.78, 5) is 33.8. The molecule has 2 aliphatic heterocycles. The minimum atomic E-state index is -0.0995. The summed E-state index contributed by atoms with van der Waals surface area (Å²) in [7, 11) is 0. The second kappa shape index (κ2) is 10.4. The van der Waals surface area contributed by atoms with Crippen LogP contribution in [0, 0.1) is 5.92 Å². The first-order valence-corrected chi connectivity index (χ1v) is 10.2. The van der Waals surface area contributed by atoms with Crippen LogP contribution in [0.4, 0.5) is 10.5 Å². The number of piperazine rings is 1. The number of benzene rings is 1. The van der Waals surface area contributed by atoms with Crippen molar-refractivity contribution in [1.82, 2.24) is 20.1 Å². The molecule has 1 aromatic carbocycles. The Bertz CT molecular complexity index is 828. The van der Waals surface area contributed by atoms with Crippen molar-refractivity contribution in [3.63, 3.8) is 0 Å². The van der Waals surface area contributed by atoms with E-state index >= 15 is 0 Å². The number of anilines is 1. The molecule has 2 aliphatic rings. The van der Waals surface area contributed by atoms with Crippen LogP contribution in [0.2, 0.25) is 0 Å². The smallest absolute Gasteiger partial charge is 0.321 e. The molecule has 4 rings (SSSR count). The molecule has 0 saturated carbocycles. The minimum absolute atomic E-state index is 0. The standard InChI is InChI=1S/C22H27N5O2.ClH/c28-21(27-14-11-24-16-20(27)18-5-4-10-23-15-18)17-8-12-26(13-9-17)22(29)25-19-6-2-1-3-7-19;/h1-7,10,15,17,20,24H,8-9,11-14,16H2,(H,25,29);1H. The first-order chi connectivity index (χ1) is 14.2.